The van der Waals surface area contributed by atoms with Gasteiger partial charge in [0.15, 0.2) is 0 Å². The lowest BCUT2D eigenvalue weighted by molar-refractivity contribution is 0.615. The zero-order valence-corrected chi connectivity index (χ0v) is 8.64. The van der Waals surface area contributed by atoms with E-state index >= 15 is 0 Å². The molecule has 1 aliphatic heterocycles. The van der Waals surface area contributed by atoms with E-state index in [4.69, 9.17) is 11.6 Å². The summed E-state index contributed by atoms with van der Waals surface area (Å²) in [6, 6.07) is 6.18. The molecular formula is C11H14ClN. The van der Waals surface area contributed by atoms with Crippen LogP contribution in [0.5, 0.6) is 0 Å². The van der Waals surface area contributed by atoms with E-state index in [9.17, 15) is 0 Å². The first-order valence-electron chi connectivity index (χ1n) is 4.85. The summed E-state index contributed by atoms with van der Waals surface area (Å²) in [6.07, 6.45) is 2.36. The molecule has 0 unspecified atom stereocenters. The molecule has 1 heterocycles. The lowest BCUT2D eigenvalue weighted by atomic mass is 10.1. The monoisotopic (exact) mass is 195 g/mol. The maximum atomic E-state index is 6.17. The maximum Gasteiger partial charge on any atom is 0.0642 e. The standard InChI is InChI=1S/C11H14ClN/c1-2-9-5-3-6-10(12)11(9)13-7-4-8-13/h3,5-6H,2,4,7-8H2,1H3. The van der Waals surface area contributed by atoms with Crippen LogP contribution in [-0.2, 0) is 6.42 Å². The van der Waals surface area contributed by atoms with Crippen molar-refractivity contribution < 1.29 is 0 Å². The van der Waals surface area contributed by atoms with Gasteiger partial charge in [-0.25, -0.2) is 0 Å². The fourth-order valence-electron chi connectivity index (χ4n) is 1.74. The summed E-state index contributed by atoms with van der Waals surface area (Å²) in [5.41, 5.74) is 2.63. The van der Waals surface area contributed by atoms with Gasteiger partial charge >= 0.3 is 0 Å². The van der Waals surface area contributed by atoms with Crippen LogP contribution in [-0.4, -0.2) is 13.1 Å². The summed E-state index contributed by atoms with van der Waals surface area (Å²) < 4.78 is 0. The minimum atomic E-state index is 0.902. The van der Waals surface area contributed by atoms with Crippen molar-refractivity contribution >= 4 is 17.3 Å². The lowest BCUT2D eigenvalue weighted by Gasteiger charge is -2.35. The Morgan fingerprint density at radius 3 is 2.69 bits per heavy atom. The number of rotatable bonds is 2. The summed E-state index contributed by atoms with van der Waals surface area (Å²) in [7, 11) is 0. The van der Waals surface area contributed by atoms with Gasteiger partial charge in [0.2, 0.25) is 0 Å². The summed E-state index contributed by atoms with van der Waals surface area (Å²) in [4.78, 5) is 2.36. The van der Waals surface area contributed by atoms with Gasteiger partial charge in [-0.1, -0.05) is 30.7 Å². The number of anilines is 1. The second-order valence-electron chi connectivity index (χ2n) is 3.44. The van der Waals surface area contributed by atoms with Crippen molar-refractivity contribution in [1.29, 1.82) is 0 Å². The van der Waals surface area contributed by atoms with E-state index in [2.05, 4.69) is 17.9 Å². The Morgan fingerprint density at radius 1 is 1.38 bits per heavy atom. The number of nitrogens with zero attached hydrogens (tertiary/aromatic N) is 1. The SMILES string of the molecule is CCc1cccc(Cl)c1N1CCC1. The first-order chi connectivity index (χ1) is 6.33. The van der Waals surface area contributed by atoms with Crippen molar-refractivity contribution in [3.63, 3.8) is 0 Å². The van der Waals surface area contributed by atoms with Crippen LogP contribution in [0.25, 0.3) is 0 Å². The van der Waals surface area contributed by atoms with E-state index < -0.39 is 0 Å². The zero-order chi connectivity index (χ0) is 9.26. The molecule has 13 heavy (non-hydrogen) atoms. The third-order valence-electron chi connectivity index (χ3n) is 2.62. The van der Waals surface area contributed by atoms with E-state index in [1.807, 2.05) is 12.1 Å². The van der Waals surface area contributed by atoms with Gasteiger partial charge in [-0.05, 0) is 24.5 Å². The molecule has 0 amide bonds. The Hall–Kier alpha value is -0.690. The number of para-hydroxylation sites is 1. The first kappa shape index (κ1) is 8.89. The Labute approximate surface area is 84.3 Å². The van der Waals surface area contributed by atoms with Crippen LogP contribution in [0.2, 0.25) is 5.02 Å². The molecule has 0 atom stereocenters. The van der Waals surface area contributed by atoms with Crippen LogP contribution in [0, 0.1) is 0 Å². The highest BCUT2D eigenvalue weighted by atomic mass is 35.5. The van der Waals surface area contributed by atoms with Crippen LogP contribution in [0.1, 0.15) is 18.9 Å². The minimum absolute atomic E-state index is 0.902. The van der Waals surface area contributed by atoms with Gasteiger partial charge in [0.25, 0.3) is 0 Å². The third-order valence-corrected chi connectivity index (χ3v) is 2.93. The second-order valence-corrected chi connectivity index (χ2v) is 3.85. The van der Waals surface area contributed by atoms with Gasteiger partial charge in [0.05, 0.1) is 10.7 Å². The van der Waals surface area contributed by atoms with Gasteiger partial charge in [-0.15, -0.1) is 0 Å². The van der Waals surface area contributed by atoms with Crippen molar-refractivity contribution in [2.75, 3.05) is 18.0 Å². The number of aryl methyl sites for hydroxylation is 1. The molecule has 2 rings (SSSR count). The molecule has 1 aliphatic rings. The van der Waals surface area contributed by atoms with Crippen molar-refractivity contribution in [3.8, 4) is 0 Å². The molecular weight excluding hydrogens is 182 g/mol. The largest absolute Gasteiger partial charge is 0.370 e. The van der Waals surface area contributed by atoms with Crippen LogP contribution in [0.4, 0.5) is 5.69 Å². The molecule has 0 aromatic heterocycles. The van der Waals surface area contributed by atoms with Crippen LogP contribution >= 0.6 is 11.6 Å². The van der Waals surface area contributed by atoms with Gasteiger partial charge in [0, 0.05) is 13.1 Å². The molecule has 1 aromatic rings. The topological polar surface area (TPSA) is 3.24 Å². The van der Waals surface area contributed by atoms with E-state index in [1.54, 1.807) is 0 Å². The summed E-state index contributed by atoms with van der Waals surface area (Å²) in [6.45, 7) is 4.50. The van der Waals surface area contributed by atoms with Crippen molar-refractivity contribution in [3.05, 3.63) is 28.8 Å². The maximum absolute atomic E-state index is 6.17. The fraction of sp³-hybridized carbons (Fsp3) is 0.455. The molecule has 0 spiro atoms. The molecule has 0 aliphatic carbocycles. The Morgan fingerprint density at radius 2 is 2.15 bits per heavy atom. The molecule has 1 nitrogen and oxygen atoms in total. The molecule has 0 N–H and O–H groups in total. The Balaban J connectivity index is 2.39. The average molecular weight is 196 g/mol. The molecule has 1 aromatic carbocycles. The van der Waals surface area contributed by atoms with Crippen molar-refractivity contribution in [2.24, 2.45) is 0 Å². The highest BCUT2D eigenvalue weighted by Crippen LogP contribution is 2.32. The summed E-state index contributed by atoms with van der Waals surface area (Å²) in [5, 5.41) is 0.902. The van der Waals surface area contributed by atoms with E-state index in [1.165, 1.54) is 17.7 Å². The molecule has 2 heteroatoms. The molecule has 70 valence electrons. The molecule has 1 saturated heterocycles. The number of benzene rings is 1. The number of halogens is 1. The predicted octanol–water partition coefficient (Wildman–Crippen LogP) is 3.11. The van der Waals surface area contributed by atoms with Gasteiger partial charge in [0.1, 0.15) is 0 Å². The Kier molecular flexibility index (Phi) is 2.45. The number of hydrogen-bond acceptors (Lipinski definition) is 1. The van der Waals surface area contributed by atoms with Gasteiger partial charge in [-0.2, -0.15) is 0 Å². The fourth-order valence-corrected chi connectivity index (χ4v) is 2.05. The highest BCUT2D eigenvalue weighted by molar-refractivity contribution is 6.33. The quantitative estimate of drug-likeness (QED) is 0.701. The predicted molar refractivity (Wildman–Crippen MR) is 57.7 cm³/mol. The minimum Gasteiger partial charge on any atom is -0.370 e. The Bertz CT molecular complexity index is 305. The zero-order valence-electron chi connectivity index (χ0n) is 7.89. The van der Waals surface area contributed by atoms with Crippen LogP contribution < -0.4 is 4.90 Å². The van der Waals surface area contributed by atoms with E-state index in [0.717, 1.165) is 24.5 Å². The normalized spacial score (nSPS) is 15.7. The first-order valence-corrected chi connectivity index (χ1v) is 5.23. The van der Waals surface area contributed by atoms with Crippen molar-refractivity contribution in [1.82, 2.24) is 0 Å². The molecule has 0 saturated carbocycles. The number of hydrogen-bond donors (Lipinski definition) is 0. The molecule has 0 bridgehead atoms. The van der Waals surface area contributed by atoms with Crippen LogP contribution in [0.15, 0.2) is 18.2 Å². The van der Waals surface area contributed by atoms with Gasteiger partial charge in [-0.3, -0.25) is 0 Å². The van der Waals surface area contributed by atoms with Crippen molar-refractivity contribution in [2.45, 2.75) is 19.8 Å². The van der Waals surface area contributed by atoms with Crippen LogP contribution in [0.3, 0.4) is 0 Å². The van der Waals surface area contributed by atoms with E-state index in [0.29, 0.717) is 0 Å². The summed E-state index contributed by atoms with van der Waals surface area (Å²) in [5.74, 6) is 0. The van der Waals surface area contributed by atoms with Gasteiger partial charge < -0.3 is 4.90 Å². The smallest absolute Gasteiger partial charge is 0.0642 e. The summed E-state index contributed by atoms with van der Waals surface area (Å²) >= 11 is 6.17. The molecule has 1 fully saturated rings. The van der Waals surface area contributed by atoms with E-state index in [-0.39, 0.29) is 0 Å². The second kappa shape index (κ2) is 3.59. The molecule has 0 radical (unpaired) electrons. The lowest BCUT2D eigenvalue weighted by Crippen LogP contribution is -2.37. The average Bonchev–Trinajstić information content (AvgIpc) is 2.05. The third kappa shape index (κ3) is 1.53. The highest BCUT2D eigenvalue weighted by Gasteiger charge is 2.19.